The largest absolute Gasteiger partial charge is 0.465 e. The van der Waals surface area contributed by atoms with Gasteiger partial charge >= 0.3 is 6.09 Å². The number of likely N-dealkylation sites (tertiary alicyclic amines) is 1. The number of aromatic nitrogens is 3. The van der Waals surface area contributed by atoms with Gasteiger partial charge in [-0.25, -0.2) is 14.8 Å². The highest BCUT2D eigenvalue weighted by atomic mass is 16.4. The van der Waals surface area contributed by atoms with Gasteiger partial charge in [-0.05, 0) is 18.4 Å². The van der Waals surface area contributed by atoms with E-state index in [1.807, 2.05) is 12.3 Å². The number of aromatic amines is 1. The standard InChI is InChI=1S/C14H17N5O2/c1-9-6-19(13(20)21)14(9)3-5-18(7-14)12-10-2-4-15-11(10)16-8-17-12/h2,4,8-9H,3,5-7H2,1H3,(H,20,21)(H,15,16,17). The van der Waals surface area contributed by atoms with Gasteiger partial charge < -0.3 is 19.9 Å². The minimum Gasteiger partial charge on any atom is -0.465 e. The fourth-order valence-electron chi connectivity index (χ4n) is 3.78. The molecule has 2 aliphatic rings. The molecule has 2 aromatic heterocycles. The Bertz CT molecular complexity index is 714. The number of H-pyrrole nitrogens is 1. The van der Waals surface area contributed by atoms with Gasteiger partial charge in [0, 0.05) is 25.8 Å². The third kappa shape index (κ3) is 1.57. The van der Waals surface area contributed by atoms with Gasteiger partial charge in [0.2, 0.25) is 0 Å². The molecule has 0 aliphatic carbocycles. The maximum absolute atomic E-state index is 11.4. The van der Waals surface area contributed by atoms with E-state index in [9.17, 15) is 9.90 Å². The van der Waals surface area contributed by atoms with Crippen LogP contribution >= 0.6 is 0 Å². The molecule has 0 bridgehead atoms. The first-order valence-electron chi connectivity index (χ1n) is 7.15. The molecule has 7 heteroatoms. The third-order valence-electron chi connectivity index (χ3n) is 5.05. The summed E-state index contributed by atoms with van der Waals surface area (Å²) in [6, 6.07) is 1.97. The molecular formula is C14H17N5O2. The summed E-state index contributed by atoms with van der Waals surface area (Å²) in [5.41, 5.74) is 0.567. The van der Waals surface area contributed by atoms with Crippen molar-refractivity contribution in [3.63, 3.8) is 0 Å². The van der Waals surface area contributed by atoms with Crippen LogP contribution in [0.25, 0.3) is 11.0 Å². The molecule has 2 N–H and O–H groups in total. The summed E-state index contributed by atoms with van der Waals surface area (Å²) in [4.78, 5) is 26.9. The molecule has 4 rings (SSSR count). The quantitative estimate of drug-likeness (QED) is 0.831. The summed E-state index contributed by atoms with van der Waals surface area (Å²) >= 11 is 0. The Balaban J connectivity index is 1.67. The molecule has 7 nitrogen and oxygen atoms in total. The van der Waals surface area contributed by atoms with Crippen molar-refractivity contribution in [3.05, 3.63) is 18.6 Å². The number of amides is 1. The first kappa shape index (κ1) is 12.4. The van der Waals surface area contributed by atoms with Gasteiger partial charge in [-0.15, -0.1) is 0 Å². The van der Waals surface area contributed by atoms with E-state index in [1.54, 1.807) is 11.2 Å². The summed E-state index contributed by atoms with van der Waals surface area (Å²) in [7, 11) is 0. The number of nitrogens with one attached hydrogen (secondary N) is 1. The van der Waals surface area contributed by atoms with Crippen LogP contribution < -0.4 is 4.90 Å². The molecule has 2 aliphatic heterocycles. The lowest BCUT2D eigenvalue weighted by molar-refractivity contribution is -0.0380. The highest BCUT2D eigenvalue weighted by Gasteiger charge is 2.57. The number of anilines is 1. The monoisotopic (exact) mass is 287 g/mol. The highest BCUT2D eigenvalue weighted by molar-refractivity contribution is 5.87. The van der Waals surface area contributed by atoms with Gasteiger partial charge in [0.25, 0.3) is 0 Å². The second-order valence-corrected chi connectivity index (χ2v) is 6.01. The molecule has 0 radical (unpaired) electrons. The molecule has 0 saturated carbocycles. The zero-order valence-electron chi connectivity index (χ0n) is 11.8. The van der Waals surface area contributed by atoms with Crippen molar-refractivity contribution in [2.24, 2.45) is 5.92 Å². The zero-order chi connectivity index (χ0) is 14.6. The summed E-state index contributed by atoms with van der Waals surface area (Å²) < 4.78 is 0. The van der Waals surface area contributed by atoms with Crippen molar-refractivity contribution < 1.29 is 9.90 Å². The van der Waals surface area contributed by atoms with E-state index in [0.717, 1.165) is 29.8 Å². The Labute approximate surface area is 121 Å². The molecule has 2 saturated heterocycles. The lowest BCUT2D eigenvalue weighted by Crippen LogP contribution is -2.69. The van der Waals surface area contributed by atoms with Crippen molar-refractivity contribution in [3.8, 4) is 0 Å². The smallest absolute Gasteiger partial charge is 0.407 e. The Morgan fingerprint density at radius 2 is 2.38 bits per heavy atom. The topological polar surface area (TPSA) is 85.3 Å². The van der Waals surface area contributed by atoms with Crippen molar-refractivity contribution in [2.75, 3.05) is 24.5 Å². The minimum absolute atomic E-state index is 0.251. The molecule has 2 atom stereocenters. The molecule has 2 aromatic rings. The molecule has 1 amide bonds. The van der Waals surface area contributed by atoms with E-state index >= 15 is 0 Å². The van der Waals surface area contributed by atoms with Gasteiger partial charge in [-0.3, -0.25) is 0 Å². The van der Waals surface area contributed by atoms with Gasteiger partial charge in [0.1, 0.15) is 17.8 Å². The molecular weight excluding hydrogens is 270 g/mol. The van der Waals surface area contributed by atoms with Crippen LogP contribution in [0.4, 0.5) is 10.6 Å². The molecule has 2 fully saturated rings. The van der Waals surface area contributed by atoms with E-state index in [1.165, 1.54) is 0 Å². The maximum Gasteiger partial charge on any atom is 0.407 e. The normalized spacial score (nSPS) is 28.3. The van der Waals surface area contributed by atoms with Crippen molar-refractivity contribution in [2.45, 2.75) is 18.9 Å². The Morgan fingerprint density at radius 1 is 1.52 bits per heavy atom. The van der Waals surface area contributed by atoms with Crippen molar-refractivity contribution >= 4 is 22.9 Å². The number of fused-ring (bicyclic) bond motifs is 1. The number of carboxylic acid groups (broad SMARTS) is 1. The predicted molar refractivity (Wildman–Crippen MR) is 77.3 cm³/mol. The minimum atomic E-state index is -0.815. The number of hydrogen-bond donors (Lipinski definition) is 2. The van der Waals surface area contributed by atoms with Gasteiger partial charge in [-0.2, -0.15) is 0 Å². The van der Waals surface area contributed by atoms with Gasteiger partial charge in [-0.1, -0.05) is 6.92 Å². The Morgan fingerprint density at radius 3 is 3.14 bits per heavy atom. The fraction of sp³-hybridized carbons (Fsp3) is 0.500. The SMILES string of the molecule is CC1CN(C(=O)O)C12CCN(c1ncnc3[nH]ccc13)C2. The van der Waals surface area contributed by atoms with Gasteiger partial charge in [0.15, 0.2) is 0 Å². The maximum atomic E-state index is 11.4. The number of hydrogen-bond acceptors (Lipinski definition) is 4. The van der Waals surface area contributed by atoms with E-state index in [-0.39, 0.29) is 5.54 Å². The predicted octanol–water partition coefficient (Wildman–Crippen LogP) is 1.54. The first-order chi connectivity index (χ1) is 10.1. The number of carbonyl (C=O) groups is 1. The van der Waals surface area contributed by atoms with E-state index in [0.29, 0.717) is 19.0 Å². The van der Waals surface area contributed by atoms with E-state index in [2.05, 4.69) is 26.8 Å². The van der Waals surface area contributed by atoms with Crippen LogP contribution in [0.15, 0.2) is 18.6 Å². The zero-order valence-corrected chi connectivity index (χ0v) is 11.8. The lowest BCUT2D eigenvalue weighted by atomic mass is 9.74. The first-order valence-corrected chi connectivity index (χ1v) is 7.15. The van der Waals surface area contributed by atoms with Crippen molar-refractivity contribution in [1.82, 2.24) is 19.9 Å². The number of nitrogens with zero attached hydrogens (tertiary/aromatic N) is 4. The molecule has 2 unspecified atom stereocenters. The summed E-state index contributed by atoms with van der Waals surface area (Å²) in [6.45, 7) is 4.30. The Kier molecular flexibility index (Phi) is 2.42. The summed E-state index contributed by atoms with van der Waals surface area (Å²) in [5, 5.41) is 10.3. The second-order valence-electron chi connectivity index (χ2n) is 6.01. The summed E-state index contributed by atoms with van der Waals surface area (Å²) in [5.74, 6) is 1.28. The third-order valence-corrected chi connectivity index (χ3v) is 5.05. The van der Waals surface area contributed by atoms with E-state index < -0.39 is 6.09 Å². The Hall–Kier alpha value is -2.31. The van der Waals surface area contributed by atoms with Crippen LogP contribution in [0.5, 0.6) is 0 Å². The molecule has 110 valence electrons. The van der Waals surface area contributed by atoms with Gasteiger partial charge in [0.05, 0.1) is 10.9 Å². The second kappa shape index (κ2) is 4.09. The summed E-state index contributed by atoms with van der Waals surface area (Å²) in [6.07, 6.45) is 3.45. The molecule has 0 aromatic carbocycles. The molecule has 21 heavy (non-hydrogen) atoms. The van der Waals surface area contributed by atoms with Crippen LogP contribution in [0.2, 0.25) is 0 Å². The van der Waals surface area contributed by atoms with Crippen LogP contribution in [0.1, 0.15) is 13.3 Å². The van der Waals surface area contributed by atoms with E-state index in [4.69, 9.17) is 0 Å². The van der Waals surface area contributed by atoms with Crippen LogP contribution in [0, 0.1) is 5.92 Å². The molecule has 1 spiro atoms. The lowest BCUT2D eigenvalue weighted by Gasteiger charge is -2.54. The van der Waals surface area contributed by atoms with Crippen LogP contribution in [-0.4, -0.2) is 56.2 Å². The average molecular weight is 287 g/mol. The van der Waals surface area contributed by atoms with Crippen LogP contribution in [0.3, 0.4) is 0 Å². The number of rotatable bonds is 1. The van der Waals surface area contributed by atoms with Crippen LogP contribution in [-0.2, 0) is 0 Å². The molecule has 4 heterocycles. The van der Waals surface area contributed by atoms with Crippen molar-refractivity contribution in [1.29, 1.82) is 0 Å². The fourth-order valence-corrected chi connectivity index (χ4v) is 3.78. The average Bonchev–Trinajstić information content (AvgIpc) is 3.11. The highest BCUT2D eigenvalue weighted by Crippen LogP contribution is 2.44.